The average Bonchev–Trinajstić information content (AvgIpc) is 2.24. The van der Waals surface area contributed by atoms with Gasteiger partial charge in [0, 0.05) is 12.2 Å². The monoisotopic (exact) mass is 288 g/mol. The van der Waals surface area contributed by atoms with Crippen LogP contribution in [0.5, 0.6) is 0 Å². The van der Waals surface area contributed by atoms with Crippen LogP contribution < -0.4 is 10.6 Å². The molecule has 1 heterocycles. The second-order valence-electron chi connectivity index (χ2n) is 4.73. The van der Waals surface area contributed by atoms with Crippen LogP contribution in [0.2, 0.25) is 0 Å². The highest BCUT2D eigenvalue weighted by Gasteiger charge is 2.32. The fourth-order valence-corrected chi connectivity index (χ4v) is 2.12. The van der Waals surface area contributed by atoms with E-state index in [4.69, 9.17) is 11.1 Å². The van der Waals surface area contributed by atoms with Crippen LogP contribution in [0, 0.1) is 19.3 Å². The zero-order valence-corrected chi connectivity index (χ0v) is 11.8. The molecule has 0 bridgehead atoms. The lowest BCUT2D eigenvalue weighted by molar-refractivity contribution is -0.119. The molecule has 0 aromatic carbocycles. The first-order valence-electron chi connectivity index (χ1n) is 6.30. The molecule has 7 heteroatoms. The van der Waals surface area contributed by atoms with Crippen molar-refractivity contribution in [1.82, 2.24) is 4.98 Å². The Labute approximate surface area is 116 Å². The van der Waals surface area contributed by atoms with Crippen LogP contribution in [0.15, 0.2) is 6.07 Å². The van der Waals surface area contributed by atoms with Crippen molar-refractivity contribution in [2.24, 2.45) is 5.73 Å². The Kier molecular flexibility index (Phi) is 4.97. The molecule has 0 radical (unpaired) electrons. The van der Waals surface area contributed by atoms with Crippen molar-refractivity contribution in [3.05, 3.63) is 22.9 Å². The van der Waals surface area contributed by atoms with Gasteiger partial charge < -0.3 is 10.6 Å². The number of nitrogens with two attached hydrogens (primary N) is 1. The predicted molar refractivity (Wildman–Crippen MR) is 73.3 cm³/mol. The number of pyridine rings is 1. The Morgan fingerprint density at radius 1 is 1.40 bits per heavy atom. The first kappa shape index (κ1) is 16.3. The number of aryl methyl sites for hydroxylation is 2. The van der Waals surface area contributed by atoms with Gasteiger partial charge in [-0.1, -0.05) is 6.92 Å². The Hall–Kier alpha value is -1.79. The number of nitrogens with one attached hydrogen (secondary N) is 1. The summed E-state index contributed by atoms with van der Waals surface area (Å²) in [5.74, 6) is -0.137. The third-order valence-corrected chi connectivity index (χ3v) is 2.76. The quantitative estimate of drug-likeness (QED) is 0.646. The third kappa shape index (κ3) is 4.11. The highest BCUT2D eigenvalue weighted by molar-refractivity contribution is 6.01. The number of hydrogen-bond acceptors (Lipinski definition) is 3. The lowest BCUT2D eigenvalue weighted by atomic mass is 10.1. The van der Waals surface area contributed by atoms with Crippen LogP contribution in [0.1, 0.15) is 30.2 Å². The highest BCUT2D eigenvalue weighted by Crippen LogP contribution is 2.26. The maximum Gasteiger partial charge on any atom is 0.405 e. The smallest absolute Gasteiger partial charge is 0.384 e. The van der Waals surface area contributed by atoms with Crippen LogP contribution in [-0.4, -0.2) is 30.1 Å². The highest BCUT2D eigenvalue weighted by atomic mass is 19.4. The zero-order valence-electron chi connectivity index (χ0n) is 11.8. The minimum absolute atomic E-state index is 0.133. The average molecular weight is 288 g/mol. The molecule has 4 nitrogen and oxygen atoms in total. The number of nitrogens with zero attached hydrogens (tertiary/aromatic N) is 2. The number of aromatic nitrogens is 1. The lowest BCUT2D eigenvalue weighted by Crippen LogP contribution is -2.37. The van der Waals surface area contributed by atoms with Gasteiger partial charge in [-0.25, -0.2) is 4.98 Å². The molecule has 1 aromatic heterocycles. The van der Waals surface area contributed by atoms with Gasteiger partial charge in [-0.3, -0.25) is 5.41 Å². The largest absolute Gasteiger partial charge is 0.405 e. The second-order valence-corrected chi connectivity index (χ2v) is 4.73. The van der Waals surface area contributed by atoms with Crippen molar-refractivity contribution >= 4 is 11.7 Å². The zero-order chi connectivity index (χ0) is 15.5. The maximum atomic E-state index is 12.7. The molecule has 0 atom stereocenters. The molecule has 0 unspecified atom stereocenters. The standard InChI is InChI=1S/C13H19F3N4/c1-4-5-20(7-13(14,15)16)12-10(11(17)18)8(2)6-9(3)19-12/h6H,4-5,7H2,1-3H3,(H3,17,18). The first-order valence-corrected chi connectivity index (χ1v) is 6.30. The van der Waals surface area contributed by atoms with Gasteiger partial charge in [-0.15, -0.1) is 0 Å². The number of hydrogen-bond donors (Lipinski definition) is 2. The van der Waals surface area contributed by atoms with Gasteiger partial charge in [-0.05, 0) is 31.9 Å². The van der Waals surface area contributed by atoms with Gasteiger partial charge in [0.15, 0.2) is 0 Å². The minimum atomic E-state index is -4.33. The molecule has 0 amide bonds. The molecular formula is C13H19F3N4. The van der Waals surface area contributed by atoms with E-state index >= 15 is 0 Å². The van der Waals surface area contributed by atoms with Gasteiger partial charge >= 0.3 is 6.18 Å². The van der Waals surface area contributed by atoms with Crippen LogP contribution in [0.4, 0.5) is 19.0 Å². The van der Waals surface area contributed by atoms with Crippen molar-refractivity contribution in [2.45, 2.75) is 33.4 Å². The van der Waals surface area contributed by atoms with Crippen LogP contribution in [-0.2, 0) is 0 Å². The first-order chi connectivity index (χ1) is 9.15. The molecule has 0 spiro atoms. The molecule has 1 aromatic rings. The van der Waals surface area contributed by atoms with E-state index in [1.807, 2.05) is 0 Å². The summed E-state index contributed by atoms with van der Waals surface area (Å²) in [4.78, 5) is 5.30. The van der Waals surface area contributed by atoms with Gasteiger partial charge in [-0.2, -0.15) is 13.2 Å². The fourth-order valence-electron chi connectivity index (χ4n) is 2.12. The summed E-state index contributed by atoms with van der Waals surface area (Å²) in [7, 11) is 0. The summed E-state index contributed by atoms with van der Waals surface area (Å²) in [5, 5.41) is 7.57. The second kappa shape index (κ2) is 6.11. The van der Waals surface area contributed by atoms with E-state index in [9.17, 15) is 13.2 Å². The van der Waals surface area contributed by atoms with Gasteiger partial charge in [0.2, 0.25) is 0 Å². The summed E-state index contributed by atoms with van der Waals surface area (Å²) < 4.78 is 38.1. The number of nitrogen functional groups attached to an aromatic ring is 1. The van der Waals surface area contributed by atoms with Gasteiger partial charge in [0.25, 0.3) is 0 Å². The molecule has 20 heavy (non-hydrogen) atoms. The minimum Gasteiger partial charge on any atom is -0.384 e. The molecule has 0 saturated carbocycles. The van der Waals surface area contributed by atoms with Gasteiger partial charge in [0.1, 0.15) is 18.2 Å². The predicted octanol–water partition coefficient (Wildman–Crippen LogP) is 2.76. The van der Waals surface area contributed by atoms with Crippen molar-refractivity contribution < 1.29 is 13.2 Å². The topological polar surface area (TPSA) is 66.0 Å². The summed E-state index contributed by atoms with van der Waals surface area (Å²) in [6.07, 6.45) is -3.79. The van der Waals surface area contributed by atoms with E-state index in [0.29, 0.717) is 17.7 Å². The van der Waals surface area contributed by atoms with Crippen molar-refractivity contribution in [1.29, 1.82) is 5.41 Å². The van der Waals surface area contributed by atoms with Crippen LogP contribution >= 0.6 is 0 Å². The molecule has 0 fully saturated rings. The number of amidine groups is 1. The third-order valence-electron chi connectivity index (χ3n) is 2.76. The van der Waals surface area contributed by atoms with Crippen molar-refractivity contribution in [3.8, 4) is 0 Å². The van der Waals surface area contributed by atoms with Crippen molar-refractivity contribution in [3.63, 3.8) is 0 Å². The van der Waals surface area contributed by atoms with E-state index in [2.05, 4.69) is 4.98 Å². The van der Waals surface area contributed by atoms with E-state index in [1.54, 1.807) is 26.8 Å². The molecule has 0 saturated heterocycles. The number of rotatable bonds is 5. The van der Waals surface area contributed by atoms with Gasteiger partial charge in [0.05, 0.1) is 5.56 Å². The fraction of sp³-hybridized carbons (Fsp3) is 0.538. The molecule has 1 rings (SSSR count). The maximum absolute atomic E-state index is 12.7. The molecule has 112 valence electrons. The SMILES string of the molecule is CCCN(CC(F)(F)F)c1nc(C)cc(C)c1C(=N)N. The Morgan fingerprint density at radius 3 is 2.45 bits per heavy atom. The lowest BCUT2D eigenvalue weighted by Gasteiger charge is -2.27. The van der Waals surface area contributed by atoms with E-state index in [-0.39, 0.29) is 23.8 Å². The number of halogens is 3. The number of anilines is 1. The Morgan fingerprint density at radius 2 is 2.00 bits per heavy atom. The summed E-state index contributed by atoms with van der Waals surface area (Å²) in [5.41, 5.74) is 7.03. The Balaban J connectivity index is 3.34. The molecular weight excluding hydrogens is 269 g/mol. The van der Waals surface area contributed by atoms with Crippen LogP contribution in [0.25, 0.3) is 0 Å². The number of alkyl halides is 3. The normalized spacial score (nSPS) is 11.5. The van der Waals surface area contributed by atoms with E-state index < -0.39 is 12.7 Å². The van der Waals surface area contributed by atoms with Crippen molar-refractivity contribution in [2.75, 3.05) is 18.0 Å². The van der Waals surface area contributed by atoms with Crippen LogP contribution in [0.3, 0.4) is 0 Å². The summed E-state index contributed by atoms with van der Waals surface area (Å²) >= 11 is 0. The summed E-state index contributed by atoms with van der Waals surface area (Å²) in [6.45, 7) is 4.32. The molecule has 0 aliphatic carbocycles. The van der Waals surface area contributed by atoms with E-state index in [0.717, 1.165) is 4.90 Å². The molecule has 0 aliphatic heterocycles. The molecule has 3 N–H and O–H groups in total. The molecule has 0 aliphatic rings. The summed E-state index contributed by atoms with van der Waals surface area (Å²) in [6, 6.07) is 1.71. The van der Waals surface area contributed by atoms with E-state index in [1.165, 1.54) is 0 Å². The Bertz CT molecular complexity index is 497.